The predicted molar refractivity (Wildman–Crippen MR) is 73.1 cm³/mol. The summed E-state index contributed by atoms with van der Waals surface area (Å²) in [5.74, 6) is -0.813. The fraction of sp³-hybridized carbons (Fsp3) is 0.0714. The van der Waals surface area contributed by atoms with Gasteiger partial charge in [-0.25, -0.2) is 4.39 Å². The van der Waals surface area contributed by atoms with Gasteiger partial charge >= 0.3 is 0 Å². The number of halogens is 1. The Labute approximate surface area is 110 Å². The molecule has 5 N–H and O–H groups in total. The molecule has 0 aliphatic heterocycles. The van der Waals surface area contributed by atoms with Crippen LogP contribution in [0.1, 0.15) is 15.9 Å². The molecule has 5 heteroatoms. The van der Waals surface area contributed by atoms with E-state index in [1.165, 1.54) is 12.1 Å². The minimum absolute atomic E-state index is 0.287. The summed E-state index contributed by atoms with van der Waals surface area (Å²) in [6, 6.07) is 10.9. The van der Waals surface area contributed by atoms with Crippen LogP contribution in [0.4, 0.5) is 15.8 Å². The summed E-state index contributed by atoms with van der Waals surface area (Å²) in [5, 5.41) is 3.07. The third-order valence-electron chi connectivity index (χ3n) is 2.71. The predicted octanol–water partition coefficient (Wildman–Crippen LogP) is 2.12. The number of benzene rings is 2. The Morgan fingerprint density at radius 1 is 1.16 bits per heavy atom. The minimum Gasteiger partial charge on any atom is -0.399 e. The highest BCUT2D eigenvalue weighted by Gasteiger charge is 2.08. The fourth-order valence-electron chi connectivity index (χ4n) is 1.72. The number of carbonyl (C=O) groups is 1. The summed E-state index contributed by atoms with van der Waals surface area (Å²) in [7, 11) is 0. The molecular formula is C14H14FN3O. The van der Waals surface area contributed by atoms with Crippen LogP contribution in [0.25, 0.3) is 0 Å². The van der Waals surface area contributed by atoms with Crippen LogP contribution >= 0.6 is 0 Å². The Morgan fingerprint density at radius 2 is 1.84 bits per heavy atom. The van der Waals surface area contributed by atoms with Crippen molar-refractivity contribution in [3.05, 3.63) is 59.4 Å². The van der Waals surface area contributed by atoms with Gasteiger partial charge in [-0.3, -0.25) is 4.79 Å². The standard InChI is InChI=1S/C14H14FN3O/c15-10-3-1-9(2-4-10)8-18-13-7-11(16)5-6-12(13)14(17)19/h1-7,18H,8,16H2,(H2,17,19). The molecule has 0 saturated carbocycles. The van der Waals surface area contributed by atoms with Crippen LogP contribution in [0.15, 0.2) is 42.5 Å². The molecule has 98 valence electrons. The molecule has 0 aromatic heterocycles. The molecule has 2 aromatic rings. The molecule has 0 spiro atoms. The first-order chi connectivity index (χ1) is 9.06. The van der Waals surface area contributed by atoms with Crippen molar-refractivity contribution in [3.63, 3.8) is 0 Å². The maximum atomic E-state index is 12.8. The van der Waals surface area contributed by atoms with E-state index in [2.05, 4.69) is 5.32 Å². The quantitative estimate of drug-likeness (QED) is 0.736. The Kier molecular flexibility index (Phi) is 3.66. The third-order valence-corrected chi connectivity index (χ3v) is 2.71. The molecule has 0 unspecified atom stereocenters. The highest BCUT2D eigenvalue weighted by Crippen LogP contribution is 2.19. The smallest absolute Gasteiger partial charge is 0.250 e. The average Bonchev–Trinajstić information content (AvgIpc) is 2.38. The van der Waals surface area contributed by atoms with Crippen molar-refractivity contribution >= 4 is 17.3 Å². The van der Waals surface area contributed by atoms with Crippen molar-refractivity contribution in [3.8, 4) is 0 Å². The van der Waals surface area contributed by atoms with Gasteiger partial charge in [0.05, 0.1) is 5.56 Å². The van der Waals surface area contributed by atoms with Gasteiger partial charge in [-0.2, -0.15) is 0 Å². The van der Waals surface area contributed by atoms with Gasteiger partial charge in [0.15, 0.2) is 0 Å². The lowest BCUT2D eigenvalue weighted by Crippen LogP contribution is -2.14. The summed E-state index contributed by atoms with van der Waals surface area (Å²) in [6.45, 7) is 0.448. The number of amides is 1. The third kappa shape index (κ3) is 3.22. The molecular weight excluding hydrogens is 245 g/mol. The molecule has 4 nitrogen and oxygen atoms in total. The number of anilines is 2. The van der Waals surface area contributed by atoms with E-state index >= 15 is 0 Å². The number of primary amides is 1. The zero-order valence-corrected chi connectivity index (χ0v) is 10.2. The number of hydrogen-bond donors (Lipinski definition) is 3. The monoisotopic (exact) mass is 259 g/mol. The van der Waals surface area contributed by atoms with Gasteiger partial charge in [0.25, 0.3) is 5.91 Å². The van der Waals surface area contributed by atoms with Gasteiger partial charge < -0.3 is 16.8 Å². The van der Waals surface area contributed by atoms with Crippen molar-refractivity contribution in [1.82, 2.24) is 0 Å². The maximum Gasteiger partial charge on any atom is 0.250 e. The number of nitrogens with two attached hydrogens (primary N) is 2. The van der Waals surface area contributed by atoms with E-state index in [0.717, 1.165) is 5.56 Å². The van der Waals surface area contributed by atoms with E-state index in [-0.39, 0.29) is 5.82 Å². The van der Waals surface area contributed by atoms with Gasteiger partial charge in [0.2, 0.25) is 0 Å². The fourth-order valence-corrected chi connectivity index (χ4v) is 1.72. The molecule has 1 amide bonds. The number of hydrogen-bond acceptors (Lipinski definition) is 3. The number of carbonyl (C=O) groups excluding carboxylic acids is 1. The van der Waals surface area contributed by atoms with E-state index in [1.807, 2.05) is 0 Å². The second kappa shape index (κ2) is 5.39. The van der Waals surface area contributed by atoms with Crippen LogP contribution in [0, 0.1) is 5.82 Å². The first-order valence-corrected chi connectivity index (χ1v) is 5.74. The van der Waals surface area contributed by atoms with E-state index < -0.39 is 5.91 Å². The maximum absolute atomic E-state index is 12.8. The summed E-state index contributed by atoms with van der Waals surface area (Å²) in [4.78, 5) is 11.3. The van der Waals surface area contributed by atoms with Gasteiger partial charge in [-0.05, 0) is 35.9 Å². The van der Waals surface area contributed by atoms with Crippen LogP contribution in [-0.4, -0.2) is 5.91 Å². The van der Waals surface area contributed by atoms with E-state index in [1.54, 1.807) is 30.3 Å². The number of rotatable bonds is 4. The minimum atomic E-state index is -0.526. The normalized spacial score (nSPS) is 10.2. The molecule has 2 rings (SSSR count). The first kappa shape index (κ1) is 12.9. The molecule has 0 fully saturated rings. The highest BCUT2D eigenvalue weighted by molar-refractivity contribution is 5.99. The molecule has 0 saturated heterocycles. The topological polar surface area (TPSA) is 81.1 Å². The van der Waals surface area contributed by atoms with E-state index in [4.69, 9.17) is 11.5 Å². The largest absolute Gasteiger partial charge is 0.399 e. The molecule has 0 heterocycles. The van der Waals surface area contributed by atoms with Crippen LogP contribution < -0.4 is 16.8 Å². The van der Waals surface area contributed by atoms with E-state index in [9.17, 15) is 9.18 Å². The molecule has 19 heavy (non-hydrogen) atoms. The molecule has 0 atom stereocenters. The average molecular weight is 259 g/mol. The zero-order chi connectivity index (χ0) is 13.8. The SMILES string of the molecule is NC(=O)c1ccc(N)cc1NCc1ccc(F)cc1. The lowest BCUT2D eigenvalue weighted by atomic mass is 10.1. The van der Waals surface area contributed by atoms with Crippen LogP contribution in [0.2, 0.25) is 0 Å². The highest BCUT2D eigenvalue weighted by atomic mass is 19.1. The second-order valence-corrected chi connectivity index (χ2v) is 4.15. The molecule has 2 aromatic carbocycles. The summed E-state index contributed by atoms with van der Waals surface area (Å²) >= 11 is 0. The summed E-state index contributed by atoms with van der Waals surface area (Å²) in [6.07, 6.45) is 0. The van der Waals surface area contributed by atoms with Crippen LogP contribution in [0.5, 0.6) is 0 Å². The lowest BCUT2D eigenvalue weighted by Gasteiger charge is -2.11. The van der Waals surface area contributed by atoms with Crippen LogP contribution in [0.3, 0.4) is 0 Å². The van der Waals surface area contributed by atoms with E-state index in [0.29, 0.717) is 23.5 Å². The summed E-state index contributed by atoms with van der Waals surface area (Å²) < 4.78 is 12.8. The van der Waals surface area contributed by atoms with Crippen molar-refractivity contribution < 1.29 is 9.18 Å². The Balaban J connectivity index is 2.16. The number of nitrogen functional groups attached to an aromatic ring is 1. The Morgan fingerprint density at radius 3 is 2.47 bits per heavy atom. The Hall–Kier alpha value is -2.56. The molecule has 0 radical (unpaired) electrons. The van der Waals surface area contributed by atoms with Crippen molar-refractivity contribution in [2.45, 2.75) is 6.54 Å². The molecule has 0 aliphatic carbocycles. The molecule has 0 bridgehead atoms. The van der Waals surface area contributed by atoms with Crippen molar-refractivity contribution in [2.24, 2.45) is 5.73 Å². The lowest BCUT2D eigenvalue weighted by molar-refractivity contribution is 0.100. The second-order valence-electron chi connectivity index (χ2n) is 4.15. The van der Waals surface area contributed by atoms with Crippen molar-refractivity contribution in [1.29, 1.82) is 0 Å². The van der Waals surface area contributed by atoms with Gasteiger partial charge in [-0.15, -0.1) is 0 Å². The van der Waals surface area contributed by atoms with Crippen LogP contribution in [-0.2, 0) is 6.54 Å². The summed E-state index contributed by atoms with van der Waals surface area (Å²) in [5.41, 5.74) is 13.3. The first-order valence-electron chi connectivity index (χ1n) is 5.74. The zero-order valence-electron chi connectivity index (χ0n) is 10.2. The van der Waals surface area contributed by atoms with Gasteiger partial charge in [0.1, 0.15) is 5.82 Å². The number of nitrogens with one attached hydrogen (secondary N) is 1. The Bertz CT molecular complexity index is 596. The van der Waals surface area contributed by atoms with Crippen molar-refractivity contribution in [2.75, 3.05) is 11.1 Å². The van der Waals surface area contributed by atoms with Gasteiger partial charge in [0, 0.05) is 17.9 Å². The molecule has 0 aliphatic rings. The van der Waals surface area contributed by atoms with Gasteiger partial charge in [-0.1, -0.05) is 12.1 Å².